The van der Waals surface area contributed by atoms with Crippen molar-refractivity contribution in [1.29, 1.82) is 5.41 Å². The quantitative estimate of drug-likeness (QED) is 0.665. The van der Waals surface area contributed by atoms with Gasteiger partial charge in [-0.15, -0.1) is 0 Å². The van der Waals surface area contributed by atoms with E-state index in [0.717, 1.165) is 5.56 Å². The molecule has 0 saturated heterocycles. The molecule has 1 aromatic rings. The number of carbonyl (C=O) groups is 1. The lowest BCUT2D eigenvalue weighted by Crippen LogP contribution is -2.24. The Labute approximate surface area is 77.1 Å². The van der Waals surface area contributed by atoms with E-state index >= 15 is 0 Å². The van der Waals surface area contributed by atoms with Crippen LogP contribution >= 0.6 is 0 Å². The number of Topliss-reactive ketones (excluding diaryl/α,β-unsaturated/α-hetero) is 1. The van der Waals surface area contributed by atoms with E-state index in [9.17, 15) is 4.79 Å². The summed E-state index contributed by atoms with van der Waals surface area (Å²) in [6.07, 6.45) is 0.372. The molecule has 0 amide bonds. The molecule has 0 aliphatic heterocycles. The molecule has 3 nitrogen and oxygen atoms in total. The number of benzene rings is 1. The van der Waals surface area contributed by atoms with Gasteiger partial charge in [0.05, 0.1) is 12.3 Å². The van der Waals surface area contributed by atoms with Crippen molar-refractivity contribution >= 4 is 11.5 Å². The number of rotatable bonds is 4. The van der Waals surface area contributed by atoms with Gasteiger partial charge in [-0.2, -0.15) is 0 Å². The van der Waals surface area contributed by atoms with Crippen LogP contribution < -0.4 is 5.73 Å². The molecule has 0 fully saturated rings. The summed E-state index contributed by atoms with van der Waals surface area (Å²) in [6, 6.07) is 9.44. The van der Waals surface area contributed by atoms with Crippen LogP contribution in [0, 0.1) is 5.41 Å². The third-order valence-corrected chi connectivity index (χ3v) is 1.75. The summed E-state index contributed by atoms with van der Waals surface area (Å²) >= 11 is 0. The monoisotopic (exact) mass is 176 g/mol. The second-order valence-electron chi connectivity index (χ2n) is 2.77. The molecule has 0 atom stereocenters. The molecule has 0 bridgehead atoms. The van der Waals surface area contributed by atoms with Gasteiger partial charge in [-0.1, -0.05) is 30.3 Å². The fourth-order valence-electron chi connectivity index (χ4n) is 1.02. The maximum atomic E-state index is 11.0. The zero-order chi connectivity index (χ0) is 9.68. The second-order valence-corrected chi connectivity index (χ2v) is 2.77. The Hall–Kier alpha value is -1.48. The lowest BCUT2D eigenvalue weighted by Gasteiger charge is -2.00. The molecule has 1 rings (SSSR count). The van der Waals surface area contributed by atoms with E-state index in [2.05, 4.69) is 0 Å². The van der Waals surface area contributed by atoms with Crippen molar-refractivity contribution in [3.8, 4) is 0 Å². The molecule has 3 N–H and O–H groups in total. The molecule has 3 heteroatoms. The maximum absolute atomic E-state index is 11.0. The standard InChI is InChI=1S/C10H12N2O/c11-7-10(13)9(12)6-8-4-2-1-3-5-8/h1-5,12H,6-7,11H2. The molecular formula is C10H12N2O. The third-order valence-electron chi connectivity index (χ3n) is 1.75. The van der Waals surface area contributed by atoms with E-state index < -0.39 is 0 Å². The molecule has 0 spiro atoms. The van der Waals surface area contributed by atoms with Crippen LogP contribution in [0.1, 0.15) is 5.56 Å². The highest BCUT2D eigenvalue weighted by Gasteiger charge is 2.06. The fraction of sp³-hybridized carbons (Fsp3) is 0.200. The van der Waals surface area contributed by atoms with Crippen LogP contribution in [0.4, 0.5) is 0 Å². The first-order valence-electron chi connectivity index (χ1n) is 4.08. The Morgan fingerprint density at radius 3 is 2.46 bits per heavy atom. The maximum Gasteiger partial charge on any atom is 0.190 e. The van der Waals surface area contributed by atoms with Gasteiger partial charge in [0, 0.05) is 6.42 Å². The zero-order valence-electron chi connectivity index (χ0n) is 7.29. The number of nitrogens with one attached hydrogen (secondary N) is 1. The van der Waals surface area contributed by atoms with Crippen LogP contribution in [-0.2, 0) is 11.2 Å². The molecule has 1 aromatic carbocycles. The van der Waals surface area contributed by atoms with Gasteiger partial charge in [-0.05, 0) is 5.56 Å². The van der Waals surface area contributed by atoms with Crippen LogP contribution in [0.2, 0.25) is 0 Å². The summed E-state index contributed by atoms with van der Waals surface area (Å²) in [4.78, 5) is 11.0. The van der Waals surface area contributed by atoms with Crippen molar-refractivity contribution < 1.29 is 4.79 Å². The molecule has 0 saturated carbocycles. The van der Waals surface area contributed by atoms with Gasteiger partial charge in [-0.25, -0.2) is 0 Å². The molecule has 0 unspecified atom stereocenters. The number of hydrogen-bond acceptors (Lipinski definition) is 3. The molecule has 0 aromatic heterocycles. The fourth-order valence-corrected chi connectivity index (χ4v) is 1.02. The number of hydrogen-bond donors (Lipinski definition) is 2. The van der Waals surface area contributed by atoms with Gasteiger partial charge in [-0.3, -0.25) is 4.79 Å². The second kappa shape index (κ2) is 4.52. The minimum absolute atomic E-state index is 0.0775. The summed E-state index contributed by atoms with van der Waals surface area (Å²) in [7, 11) is 0. The van der Waals surface area contributed by atoms with Gasteiger partial charge < -0.3 is 11.1 Å². The molecule has 0 aliphatic carbocycles. The van der Waals surface area contributed by atoms with E-state index in [1.165, 1.54) is 0 Å². The Bertz CT molecular complexity index is 306. The van der Waals surface area contributed by atoms with E-state index in [0.29, 0.717) is 6.42 Å². The van der Waals surface area contributed by atoms with Crippen molar-refractivity contribution in [2.75, 3.05) is 6.54 Å². The van der Waals surface area contributed by atoms with Crippen LogP contribution in [0.25, 0.3) is 0 Å². The number of ketones is 1. The van der Waals surface area contributed by atoms with Crippen LogP contribution in [-0.4, -0.2) is 18.0 Å². The minimum Gasteiger partial charge on any atom is -0.324 e. The van der Waals surface area contributed by atoms with Crippen molar-refractivity contribution in [3.63, 3.8) is 0 Å². The normalized spacial score (nSPS) is 9.62. The third kappa shape index (κ3) is 2.80. The Morgan fingerprint density at radius 2 is 1.92 bits per heavy atom. The molecule has 0 radical (unpaired) electrons. The molecule has 0 aliphatic rings. The van der Waals surface area contributed by atoms with Crippen LogP contribution in [0.3, 0.4) is 0 Å². The number of nitrogens with two attached hydrogens (primary N) is 1. The molecule has 0 heterocycles. The van der Waals surface area contributed by atoms with Gasteiger partial charge >= 0.3 is 0 Å². The van der Waals surface area contributed by atoms with E-state index in [4.69, 9.17) is 11.1 Å². The largest absolute Gasteiger partial charge is 0.324 e. The summed E-state index contributed by atoms with van der Waals surface area (Å²) in [5.74, 6) is -0.288. The minimum atomic E-state index is -0.288. The summed E-state index contributed by atoms with van der Waals surface area (Å²) < 4.78 is 0. The van der Waals surface area contributed by atoms with E-state index in [-0.39, 0.29) is 18.0 Å². The van der Waals surface area contributed by atoms with Gasteiger partial charge in [0.1, 0.15) is 0 Å². The van der Waals surface area contributed by atoms with Crippen LogP contribution in [0.5, 0.6) is 0 Å². The lowest BCUT2D eigenvalue weighted by molar-refractivity contribution is -0.111. The van der Waals surface area contributed by atoms with E-state index in [1.807, 2.05) is 30.3 Å². The smallest absolute Gasteiger partial charge is 0.190 e. The SMILES string of the molecule is N=C(Cc1ccccc1)C(=O)CN. The highest BCUT2D eigenvalue weighted by atomic mass is 16.1. The lowest BCUT2D eigenvalue weighted by atomic mass is 10.1. The Balaban J connectivity index is 2.60. The molecular weight excluding hydrogens is 164 g/mol. The van der Waals surface area contributed by atoms with Gasteiger partial charge in [0.25, 0.3) is 0 Å². The highest BCUT2D eigenvalue weighted by Crippen LogP contribution is 2.00. The van der Waals surface area contributed by atoms with Gasteiger partial charge in [0.15, 0.2) is 5.78 Å². The Kier molecular flexibility index (Phi) is 3.34. The topological polar surface area (TPSA) is 66.9 Å². The van der Waals surface area contributed by atoms with Crippen LogP contribution in [0.15, 0.2) is 30.3 Å². The zero-order valence-corrected chi connectivity index (χ0v) is 7.29. The van der Waals surface area contributed by atoms with Crippen molar-refractivity contribution in [2.45, 2.75) is 6.42 Å². The van der Waals surface area contributed by atoms with Gasteiger partial charge in [0.2, 0.25) is 0 Å². The highest BCUT2D eigenvalue weighted by molar-refractivity contribution is 6.39. The van der Waals surface area contributed by atoms with Crippen molar-refractivity contribution in [1.82, 2.24) is 0 Å². The average molecular weight is 176 g/mol. The van der Waals surface area contributed by atoms with Crippen molar-refractivity contribution in [3.05, 3.63) is 35.9 Å². The average Bonchev–Trinajstić information content (AvgIpc) is 2.18. The first-order valence-corrected chi connectivity index (χ1v) is 4.08. The molecule has 68 valence electrons. The first kappa shape index (κ1) is 9.61. The molecule has 13 heavy (non-hydrogen) atoms. The first-order chi connectivity index (χ1) is 6.24. The summed E-state index contributed by atoms with van der Waals surface area (Å²) in [6.45, 7) is -0.0777. The van der Waals surface area contributed by atoms with E-state index in [1.54, 1.807) is 0 Å². The number of carbonyl (C=O) groups excluding carboxylic acids is 1. The summed E-state index contributed by atoms with van der Waals surface area (Å²) in [5.41, 5.74) is 6.18. The Morgan fingerprint density at radius 1 is 1.31 bits per heavy atom. The van der Waals surface area contributed by atoms with Crippen molar-refractivity contribution in [2.24, 2.45) is 5.73 Å². The summed E-state index contributed by atoms with van der Waals surface area (Å²) in [5, 5.41) is 7.40. The predicted octanol–water partition coefficient (Wildman–Crippen LogP) is 0.777. The predicted molar refractivity (Wildman–Crippen MR) is 51.9 cm³/mol.